The highest BCUT2D eigenvalue weighted by molar-refractivity contribution is 5.76. The first-order valence-electron chi connectivity index (χ1n) is 14.3. The van der Waals surface area contributed by atoms with Gasteiger partial charge in [-0.1, -0.05) is 133 Å². The van der Waals surface area contributed by atoms with E-state index in [1.807, 2.05) is 73.7 Å². The molecule has 4 heteroatoms. The van der Waals surface area contributed by atoms with Gasteiger partial charge in [-0.15, -0.1) is 0 Å². The quantitative estimate of drug-likeness (QED) is 0.206. The number of pyridine rings is 1. The molecule has 43 heavy (non-hydrogen) atoms. The third kappa shape index (κ3) is 5.72. The van der Waals surface area contributed by atoms with Gasteiger partial charge in [0, 0.05) is 27.9 Å². The molecule has 0 aliphatic rings. The Morgan fingerprint density at radius 2 is 0.744 bits per heavy atom. The fourth-order valence-corrected chi connectivity index (χ4v) is 5.22. The van der Waals surface area contributed by atoms with E-state index in [1.54, 1.807) is 0 Å². The van der Waals surface area contributed by atoms with Crippen molar-refractivity contribution in [3.63, 3.8) is 0 Å². The summed E-state index contributed by atoms with van der Waals surface area (Å²) >= 11 is 0. The second-order valence-electron chi connectivity index (χ2n) is 10.4. The highest BCUT2D eigenvalue weighted by atomic mass is 15.0. The predicted octanol–water partition coefficient (Wildman–Crippen LogP) is 9.58. The second-order valence-corrected chi connectivity index (χ2v) is 10.4. The summed E-state index contributed by atoms with van der Waals surface area (Å²) in [7, 11) is 0. The Morgan fingerprint density at radius 1 is 0.302 bits per heavy atom. The fraction of sp³-hybridized carbons (Fsp3) is 0.0256. The molecule has 0 amide bonds. The largest absolute Gasteiger partial charge is 0.253 e. The number of hydrogen-bond acceptors (Lipinski definition) is 4. The van der Waals surface area contributed by atoms with Gasteiger partial charge in [0.1, 0.15) is 0 Å². The van der Waals surface area contributed by atoms with Gasteiger partial charge in [-0.05, 0) is 47.4 Å². The number of benzene rings is 5. The van der Waals surface area contributed by atoms with Gasteiger partial charge in [0.15, 0.2) is 17.5 Å². The van der Waals surface area contributed by atoms with E-state index in [0.717, 1.165) is 44.8 Å². The zero-order valence-electron chi connectivity index (χ0n) is 23.7. The summed E-state index contributed by atoms with van der Waals surface area (Å²) in [5, 5.41) is 0. The molecule has 0 atom stereocenters. The Hall–Kier alpha value is -5.74. The van der Waals surface area contributed by atoms with Crippen LogP contribution in [0.25, 0.3) is 67.7 Å². The lowest BCUT2D eigenvalue weighted by Crippen LogP contribution is -2.00. The van der Waals surface area contributed by atoms with Crippen LogP contribution in [0, 0.1) is 6.92 Å². The van der Waals surface area contributed by atoms with E-state index >= 15 is 0 Å². The zero-order chi connectivity index (χ0) is 29.0. The molecule has 0 aliphatic heterocycles. The standard InChI is InChI=1S/C39H28N4/c1-27-24-35(28-12-5-2-6-13-28)26-36(40-27)30-22-20-29(21-23-30)33-18-11-19-34(25-33)39-42-37(31-14-7-3-8-15-31)41-38(43-39)32-16-9-4-10-17-32/h2-26H,1H3. The molecule has 0 radical (unpaired) electrons. The third-order valence-corrected chi connectivity index (χ3v) is 7.39. The van der Waals surface area contributed by atoms with Gasteiger partial charge in [0.2, 0.25) is 0 Å². The van der Waals surface area contributed by atoms with Crippen molar-refractivity contribution in [2.75, 3.05) is 0 Å². The number of rotatable bonds is 6. The highest BCUT2D eigenvalue weighted by Gasteiger charge is 2.13. The van der Waals surface area contributed by atoms with Crippen molar-refractivity contribution >= 4 is 0 Å². The Morgan fingerprint density at radius 3 is 1.33 bits per heavy atom. The molecule has 2 aromatic heterocycles. The zero-order valence-corrected chi connectivity index (χ0v) is 23.7. The second kappa shape index (κ2) is 11.6. The van der Waals surface area contributed by atoms with E-state index in [4.69, 9.17) is 19.9 Å². The molecule has 7 rings (SSSR count). The molecule has 4 nitrogen and oxygen atoms in total. The SMILES string of the molecule is Cc1cc(-c2ccccc2)cc(-c2ccc(-c3cccc(-c4nc(-c5ccccc5)nc(-c5ccccc5)n4)c3)cc2)n1. The normalized spacial score (nSPS) is 10.9. The Kier molecular flexibility index (Phi) is 7.08. The fourth-order valence-electron chi connectivity index (χ4n) is 5.22. The van der Waals surface area contributed by atoms with E-state index in [1.165, 1.54) is 11.1 Å². The maximum Gasteiger partial charge on any atom is 0.164 e. The molecule has 0 aliphatic carbocycles. The predicted molar refractivity (Wildman–Crippen MR) is 175 cm³/mol. The van der Waals surface area contributed by atoms with Gasteiger partial charge >= 0.3 is 0 Å². The molecular formula is C39H28N4. The van der Waals surface area contributed by atoms with Crippen molar-refractivity contribution in [3.8, 4) is 67.7 Å². The third-order valence-electron chi connectivity index (χ3n) is 7.39. The summed E-state index contributed by atoms with van der Waals surface area (Å²) in [6.07, 6.45) is 0. The van der Waals surface area contributed by atoms with Gasteiger partial charge < -0.3 is 0 Å². The summed E-state index contributed by atoms with van der Waals surface area (Å²) in [5.74, 6) is 1.95. The monoisotopic (exact) mass is 552 g/mol. The number of aromatic nitrogens is 4. The van der Waals surface area contributed by atoms with Gasteiger partial charge in [0.25, 0.3) is 0 Å². The van der Waals surface area contributed by atoms with Crippen LogP contribution >= 0.6 is 0 Å². The molecule has 0 unspecified atom stereocenters. The minimum absolute atomic E-state index is 0.642. The van der Waals surface area contributed by atoms with Gasteiger partial charge in [-0.2, -0.15) is 0 Å². The van der Waals surface area contributed by atoms with Crippen LogP contribution in [0.5, 0.6) is 0 Å². The molecule has 0 spiro atoms. The van der Waals surface area contributed by atoms with Gasteiger partial charge in [0.05, 0.1) is 5.69 Å². The van der Waals surface area contributed by atoms with Crippen molar-refractivity contribution in [1.29, 1.82) is 0 Å². The van der Waals surface area contributed by atoms with Crippen LogP contribution in [0.15, 0.2) is 152 Å². The molecule has 7 aromatic rings. The molecule has 0 fully saturated rings. The lowest BCUT2D eigenvalue weighted by atomic mass is 9.99. The number of hydrogen-bond donors (Lipinski definition) is 0. The van der Waals surface area contributed by atoms with Crippen LogP contribution in [-0.4, -0.2) is 19.9 Å². The van der Waals surface area contributed by atoms with Crippen molar-refractivity contribution in [3.05, 3.63) is 157 Å². The molecule has 204 valence electrons. The minimum atomic E-state index is 0.642. The highest BCUT2D eigenvalue weighted by Crippen LogP contribution is 2.31. The number of nitrogens with zero attached hydrogens (tertiary/aromatic N) is 4. The maximum atomic E-state index is 4.90. The van der Waals surface area contributed by atoms with Crippen LogP contribution in [-0.2, 0) is 0 Å². The van der Waals surface area contributed by atoms with E-state index in [0.29, 0.717) is 17.5 Å². The van der Waals surface area contributed by atoms with E-state index in [-0.39, 0.29) is 0 Å². The average Bonchev–Trinajstić information content (AvgIpc) is 3.09. The van der Waals surface area contributed by atoms with E-state index < -0.39 is 0 Å². The minimum Gasteiger partial charge on any atom is -0.253 e. The van der Waals surface area contributed by atoms with E-state index in [9.17, 15) is 0 Å². The summed E-state index contributed by atoms with van der Waals surface area (Å²) in [6.45, 7) is 2.05. The summed E-state index contributed by atoms with van der Waals surface area (Å²) in [6, 6.07) is 51.8. The molecule has 0 bridgehead atoms. The van der Waals surface area contributed by atoms with Crippen LogP contribution in [0.2, 0.25) is 0 Å². The van der Waals surface area contributed by atoms with Gasteiger partial charge in [-0.25, -0.2) is 15.0 Å². The summed E-state index contributed by atoms with van der Waals surface area (Å²) < 4.78 is 0. The van der Waals surface area contributed by atoms with Crippen molar-refractivity contribution in [2.24, 2.45) is 0 Å². The van der Waals surface area contributed by atoms with Crippen LogP contribution in [0.4, 0.5) is 0 Å². The molecular weight excluding hydrogens is 524 g/mol. The smallest absolute Gasteiger partial charge is 0.164 e. The first-order valence-corrected chi connectivity index (χ1v) is 14.3. The Labute approximate surface area is 251 Å². The lowest BCUT2D eigenvalue weighted by Gasteiger charge is -2.10. The molecule has 2 heterocycles. The summed E-state index contributed by atoms with van der Waals surface area (Å²) in [5.41, 5.74) is 10.4. The molecule has 0 N–H and O–H groups in total. The van der Waals surface area contributed by atoms with Crippen molar-refractivity contribution in [1.82, 2.24) is 19.9 Å². The molecule has 0 saturated heterocycles. The topological polar surface area (TPSA) is 51.6 Å². The lowest BCUT2D eigenvalue weighted by molar-refractivity contribution is 1.07. The summed E-state index contributed by atoms with van der Waals surface area (Å²) in [4.78, 5) is 19.4. The Balaban J connectivity index is 1.24. The van der Waals surface area contributed by atoms with Crippen LogP contribution < -0.4 is 0 Å². The number of aryl methyl sites for hydroxylation is 1. The first kappa shape index (κ1) is 26.2. The van der Waals surface area contributed by atoms with E-state index in [2.05, 4.69) is 84.9 Å². The van der Waals surface area contributed by atoms with Crippen molar-refractivity contribution in [2.45, 2.75) is 6.92 Å². The average molecular weight is 553 g/mol. The molecule has 0 saturated carbocycles. The molecule has 5 aromatic carbocycles. The van der Waals surface area contributed by atoms with Crippen molar-refractivity contribution < 1.29 is 0 Å². The first-order chi connectivity index (χ1) is 21.2. The Bertz CT molecular complexity index is 1950. The van der Waals surface area contributed by atoms with Crippen LogP contribution in [0.3, 0.4) is 0 Å². The maximum absolute atomic E-state index is 4.90. The van der Waals surface area contributed by atoms with Crippen LogP contribution in [0.1, 0.15) is 5.69 Å². The van der Waals surface area contributed by atoms with Gasteiger partial charge in [-0.3, -0.25) is 4.98 Å².